The molecular formula is C26H31N3O5S. The van der Waals surface area contributed by atoms with E-state index in [1.165, 1.54) is 0 Å². The van der Waals surface area contributed by atoms with Crippen LogP contribution in [-0.2, 0) is 21.2 Å². The number of hydrogen-bond acceptors (Lipinski definition) is 7. The molecule has 0 bridgehead atoms. The molecule has 8 nitrogen and oxygen atoms in total. The third-order valence-corrected chi connectivity index (χ3v) is 7.40. The van der Waals surface area contributed by atoms with Gasteiger partial charge in [0.25, 0.3) is 5.91 Å². The summed E-state index contributed by atoms with van der Waals surface area (Å²) in [4.78, 5) is 26.6. The Morgan fingerprint density at radius 2 is 1.54 bits per heavy atom. The van der Waals surface area contributed by atoms with Crippen molar-refractivity contribution in [3.05, 3.63) is 70.8 Å². The van der Waals surface area contributed by atoms with Gasteiger partial charge in [-0.2, -0.15) is 0 Å². The van der Waals surface area contributed by atoms with Crippen LogP contribution in [0.3, 0.4) is 0 Å². The number of nitrogens with one attached hydrogen (secondary N) is 1. The Labute approximate surface area is 206 Å². The molecule has 1 aliphatic rings. The number of hydrogen-bond donors (Lipinski definition) is 3. The molecule has 2 aromatic rings. The number of nitrogens with zero attached hydrogens (tertiary/aromatic N) is 1. The highest BCUT2D eigenvalue weighted by molar-refractivity contribution is 7.91. The summed E-state index contributed by atoms with van der Waals surface area (Å²) in [5.74, 6) is 5.57. The number of aliphatic hydroxyl groups excluding tert-OH is 1. The lowest BCUT2D eigenvalue weighted by Crippen LogP contribution is -2.59. The number of rotatable bonds is 7. The summed E-state index contributed by atoms with van der Waals surface area (Å²) in [6.07, 6.45) is 0. The first-order valence-electron chi connectivity index (χ1n) is 11.3. The van der Waals surface area contributed by atoms with Crippen molar-refractivity contribution >= 4 is 21.5 Å². The molecule has 2 aromatic carbocycles. The molecule has 3 rings (SSSR count). The topological polar surface area (TPSA) is 130 Å². The van der Waals surface area contributed by atoms with Gasteiger partial charge in [-0.05, 0) is 55.8 Å². The van der Waals surface area contributed by atoms with E-state index < -0.39 is 39.7 Å². The molecule has 0 aliphatic carbocycles. The summed E-state index contributed by atoms with van der Waals surface area (Å²) in [7, 11) is -2.88. The number of aliphatic hydroxyl groups is 1. The monoisotopic (exact) mass is 497 g/mol. The molecule has 0 spiro atoms. The first-order chi connectivity index (χ1) is 16.5. The van der Waals surface area contributed by atoms with E-state index in [2.05, 4.69) is 22.1 Å². The SMILES string of the molecule is CC(C)(N)[C@H](NC(=O)c1ccc(C#Cc2ccc(CN3CCS(=O)(=O)CC3)cc2)cc1)C(=O)CO. The van der Waals surface area contributed by atoms with Crippen LogP contribution in [0.15, 0.2) is 48.5 Å². The van der Waals surface area contributed by atoms with Crippen LogP contribution in [0, 0.1) is 11.8 Å². The van der Waals surface area contributed by atoms with E-state index in [1.54, 1.807) is 38.1 Å². The first kappa shape index (κ1) is 26.6. The Kier molecular flexibility index (Phi) is 8.46. The van der Waals surface area contributed by atoms with Crippen LogP contribution in [0.5, 0.6) is 0 Å². The number of sulfone groups is 1. The number of amides is 1. The molecule has 4 N–H and O–H groups in total. The normalized spacial score (nSPS) is 16.6. The quantitative estimate of drug-likeness (QED) is 0.481. The van der Waals surface area contributed by atoms with Crippen LogP contribution in [0.4, 0.5) is 0 Å². The number of benzene rings is 2. The van der Waals surface area contributed by atoms with Gasteiger partial charge in [-0.25, -0.2) is 8.42 Å². The molecule has 1 amide bonds. The fourth-order valence-electron chi connectivity index (χ4n) is 3.70. The summed E-state index contributed by atoms with van der Waals surface area (Å²) >= 11 is 0. The van der Waals surface area contributed by atoms with Crippen molar-refractivity contribution in [3.8, 4) is 11.8 Å². The third-order valence-electron chi connectivity index (χ3n) is 5.79. The van der Waals surface area contributed by atoms with Gasteiger partial charge in [0.1, 0.15) is 12.6 Å². The lowest BCUT2D eigenvalue weighted by molar-refractivity contribution is -0.124. The van der Waals surface area contributed by atoms with Crippen LogP contribution in [-0.4, -0.2) is 72.9 Å². The van der Waals surface area contributed by atoms with Gasteiger partial charge in [-0.15, -0.1) is 0 Å². The number of ketones is 1. The minimum Gasteiger partial charge on any atom is -0.388 e. The molecule has 1 fully saturated rings. The summed E-state index contributed by atoms with van der Waals surface area (Å²) in [6.45, 7) is 4.33. The zero-order valence-corrected chi connectivity index (χ0v) is 20.8. The largest absolute Gasteiger partial charge is 0.388 e. The van der Waals surface area contributed by atoms with E-state index in [0.717, 1.165) is 16.7 Å². The van der Waals surface area contributed by atoms with E-state index >= 15 is 0 Å². The van der Waals surface area contributed by atoms with Crippen LogP contribution in [0.2, 0.25) is 0 Å². The number of Topliss-reactive ketones (excluding diaryl/α,β-unsaturated/α-hetero) is 1. The highest BCUT2D eigenvalue weighted by Crippen LogP contribution is 2.12. The van der Waals surface area contributed by atoms with Gasteiger partial charge < -0.3 is 16.2 Å². The van der Waals surface area contributed by atoms with Crippen molar-refractivity contribution in [2.45, 2.75) is 32.0 Å². The molecule has 1 saturated heterocycles. The Morgan fingerprint density at radius 3 is 2.03 bits per heavy atom. The Hall–Kier alpha value is -3.03. The zero-order valence-electron chi connectivity index (χ0n) is 20.0. The van der Waals surface area contributed by atoms with Gasteiger partial charge in [0.2, 0.25) is 0 Å². The molecule has 1 heterocycles. The average Bonchev–Trinajstić information content (AvgIpc) is 2.82. The van der Waals surface area contributed by atoms with Gasteiger partial charge in [0.15, 0.2) is 15.6 Å². The molecule has 35 heavy (non-hydrogen) atoms. The number of nitrogens with two attached hydrogens (primary N) is 1. The second-order valence-electron chi connectivity index (χ2n) is 9.30. The minimum atomic E-state index is -2.88. The maximum atomic E-state index is 12.5. The van der Waals surface area contributed by atoms with Crippen LogP contribution in [0.1, 0.15) is 40.9 Å². The summed E-state index contributed by atoms with van der Waals surface area (Å²) in [5, 5.41) is 11.8. The Morgan fingerprint density at radius 1 is 1.03 bits per heavy atom. The average molecular weight is 498 g/mol. The fourth-order valence-corrected chi connectivity index (χ4v) is 4.97. The van der Waals surface area contributed by atoms with Gasteiger partial charge >= 0.3 is 0 Å². The van der Waals surface area contributed by atoms with Crippen molar-refractivity contribution < 1.29 is 23.1 Å². The molecule has 1 aliphatic heterocycles. The second-order valence-corrected chi connectivity index (χ2v) is 11.6. The maximum absolute atomic E-state index is 12.5. The van der Waals surface area contributed by atoms with Crippen molar-refractivity contribution in [1.29, 1.82) is 0 Å². The summed E-state index contributed by atoms with van der Waals surface area (Å²) < 4.78 is 23.1. The molecule has 0 aromatic heterocycles. The van der Waals surface area contributed by atoms with E-state index in [9.17, 15) is 18.0 Å². The van der Waals surface area contributed by atoms with E-state index in [-0.39, 0.29) is 11.5 Å². The third kappa shape index (κ3) is 7.73. The van der Waals surface area contributed by atoms with Gasteiger partial charge in [0.05, 0.1) is 11.5 Å². The number of carbonyl (C=O) groups excluding carboxylic acids is 2. The standard InChI is InChI=1S/C26H31N3O5S/c1-26(2,27)24(23(31)18-30)28-25(32)22-11-9-20(10-12-22)4-3-19-5-7-21(8-6-19)17-29-13-15-35(33,34)16-14-29/h5-12,24,30H,13-18,27H2,1-2H3,(H,28,32)/t24-/m1/s1. The smallest absolute Gasteiger partial charge is 0.251 e. The zero-order chi connectivity index (χ0) is 25.6. The van der Waals surface area contributed by atoms with Crippen molar-refractivity contribution in [2.24, 2.45) is 5.73 Å². The molecule has 1 atom stereocenters. The summed E-state index contributed by atoms with van der Waals surface area (Å²) in [5.41, 5.74) is 7.97. The van der Waals surface area contributed by atoms with Gasteiger partial charge in [-0.1, -0.05) is 24.0 Å². The highest BCUT2D eigenvalue weighted by Gasteiger charge is 2.32. The lowest BCUT2D eigenvalue weighted by atomic mass is 9.92. The second kappa shape index (κ2) is 11.1. The first-order valence-corrected chi connectivity index (χ1v) is 13.2. The predicted octanol–water partition coefficient (Wildman–Crippen LogP) is 0.714. The fraction of sp³-hybridized carbons (Fsp3) is 0.385. The molecule has 9 heteroatoms. The van der Waals surface area contributed by atoms with Crippen LogP contribution >= 0.6 is 0 Å². The molecular weight excluding hydrogens is 466 g/mol. The molecule has 0 saturated carbocycles. The van der Waals surface area contributed by atoms with Crippen molar-refractivity contribution in [2.75, 3.05) is 31.2 Å². The van der Waals surface area contributed by atoms with Crippen molar-refractivity contribution in [1.82, 2.24) is 10.2 Å². The van der Waals surface area contributed by atoms with Crippen LogP contribution < -0.4 is 11.1 Å². The van der Waals surface area contributed by atoms with Gasteiger partial charge in [-0.3, -0.25) is 14.5 Å². The van der Waals surface area contributed by atoms with E-state index in [1.807, 2.05) is 24.3 Å². The van der Waals surface area contributed by atoms with Crippen LogP contribution in [0.25, 0.3) is 0 Å². The maximum Gasteiger partial charge on any atom is 0.251 e. The molecule has 0 unspecified atom stereocenters. The minimum absolute atomic E-state index is 0.212. The lowest BCUT2D eigenvalue weighted by Gasteiger charge is -2.29. The van der Waals surface area contributed by atoms with Gasteiger partial charge in [0, 0.05) is 41.9 Å². The van der Waals surface area contributed by atoms with E-state index in [4.69, 9.17) is 10.8 Å². The Bertz CT molecular complexity index is 1210. The van der Waals surface area contributed by atoms with Crippen molar-refractivity contribution in [3.63, 3.8) is 0 Å². The predicted molar refractivity (Wildman–Crippen MR) is 134 cm³/mol. The number of carbonyl (C=O) groups is 2. The molecule has 0 radical (unpaired) electrons. The molecule has 186 valence electrons. The Balaban J connectivity index is 1.59. The summed E-state index contributed by atoms with van der Waals surface area (Å²) in [6, 6.07) is 13.5. The van der Waals surface area contributed by atoms with E-state index in [0.29, 0.717) is 25.2 Å². The highest BCUT2D eigenvalue weighted by atomic mass is 32.2.